The Labute approximate surface area is 136 Å². The molecule has 1 fully saturated rings. The van der Waals surface area contributed by atoms with Crippen molar-refractivity contribution < 1.29 is 19.4 Å². The Morgan fingerprint density at radius 3 is 2.57 bits per heavy atom. The number of carbonyl (C=O) groups excluding carboxylic acids is 1. The van der Waals surface area contributed by atoms with Crippen molar-refractivity contribution in [2.45, 2.75) is 25.7 Å². The van der Waals surface area contributed by atoms with Crippen LogP contribution in [0.2, 0.25) is 0 Å². The van der Waals surface area contributed by atoms with Crippen LogP contribution in [-0.2, 0) is 4.79 Å². The van der Waals surface area contributed by atoms with Gasteiger partial charge in [-0.2, -0.15) is 0 Å². The molecule has 1 heterocycles. The number of hydrogen-bond donors (Lipinski definition) is 2. The standard InChI is InChI=1S/C17H24N2O4/c20-16(21)7-4-10-18-17(22)19-11-8-14(9-12-19)13-23-15-5-2-1-3-6-15/h1-3,5-6,14H,4,7-13H2,(H,18,22)(H,20,21). The number of hydrogen-bond acceptors (Lipinski definition) is 3. The Balaban J connectivity index is 1.61. The van der Waals surface area contributed by atoms with E-state index in [1.807, 2.05) is 30.3 Å². The molecular weight excluding hydrogens is 296 g/mol. The number of carboxylic acids is 1. The molecule has 0 unspecified atom stereocenters. The van der Waals surface area contributed by atoms with E-state index in [0.29, 0.717) is 38.6 Å². The third-order valence-corrected chi connectivity index (χ3v) is 3.97. The van der Waals surface area contributed by atoms with Crippen LogP contribution in [0, 0.1) is 5.92 Å². The predicted molar refractivity (Wildman–Crippen MR) is 86.5 cm³/mol. The smallest absolute Gasteiger partial charge is 0.317 e. The zero-order valence-corrected chi connectivity index (χ0v) is 13.2. The minimum atomic E-state index is -0.835. The molecule has 2 amide bonds. The number of amides is 2. The molecule has 0 aliphatic carbocycles. The summed E-state index contributed by atoms with van der Waals surface area (Å²) in [7, 11) is 0. The van der Waals surface area contributed by atoms with Crippen LogP contribution in [0.3, 0.4) is 0 Å². The lowest BCUT2D eigenvalue weighted by molar-refractivity contribution is -0.137. The van der Waals surface area contributed by atoms with Crippen molar-refractivity contribution in [1.82, 2.24) is 10.2 Å². The molecule has 0 radical (unpaired) electrons. The first kappa shape index (κ1) is 17.1. The molecule has 0 atom stereocenters. The fourth-order valence-electron chi connectivity index (χ4n) is 2.58. The lowest BCUT2D eigenvalue weighted by atomic mass is 9.98. The van der Waals surface area contributed by atoms with Gasteiger partial charge in [-0.15, -0.1) is 0 Å². The number of ether oxygens (including phenoxy) is 1. The van der Waals surface area contributed by atoms with Crippen LogP contribution in [0.5, 0.6) is 5.75 Å². The summed E-state index contributed by atoms with van der Waals surface area (Å²) in [5, 5.41) is 11.3. The van der Waals surface area contributed by atoms with E-state index < -0.39 is 5.97 Å². The predicted octanol–water partition coefficient (Wildman–Crippen LogP) is 2.35. The van der Waals surface area contributed by atoms with Crippen molar-refractivity contribution >= 4 is 12.0 Å². The van der Waals surface area contributed by atoms with Crippen LogP contribution in [0.1, 0.15) is 25.7 Å². The Morgan fingerprint density at radius 1 is 1.22 bits per heavy atom. The SMILES string of the molecule is O=C(O)CCCNC(=O)N1CCC(COc2ccccc2)CC1. The molecule has 0 aromatic heterocycles. The first-order valence-electron chi connectivity index (χ1n) is 8.07. The molecule has 6 heteroatoms. The third kappa shape index (κ3) is 6.18. The van der Waals surface area contributed by atoms with Crippen molar-refractivity contribution in [2.75, 3.05) is 26.2 Å². The second kappa shape index (κ2) is 9.02. The summed E-state index contributed by atoms with van der Waals surface area (Å²) in [6, 6.07) is 9.65. The van der Waals surface area contributed by atoms with Gasteiger partial charge in [-0.25, -0.2) is 4.79 Å². The highest BCUT2D eigenvalue weighted by molar-refractivity contribution is 5.74. The largest absolute Gasteiger partial charge is 0.493 e. The van der Waals surface area contributed by atoms with E-state index in [1.54, 1.807) is 4.90 Å². The number of para-hydroxylation sites is 1. The number of carbonyl (C=O) groups is 2. The summed E-state index contributed by atoms with van der Waals surface area (Å²) in [6.45, 7) is 2.52. The first-order chi connectivity index (χ1) is 11.1. The average molecular weight is 320 g/mol. The number of nitrogens with zero attached hydrogens (tertiary/aromatic N) is 1. The Hall–Kier alpha value is -2.24. The summed E-state index contributed by atoms with van der Waals surface area (Å²) in [6.07, 6.45) is 2.40. The molecule has 0 saturated carbocycles. The maximum absolute atomic E-state index is 12.0. The Bertz CT molecular complexity index is 499. The van der Waals surface area contributed by atoms with Gasteiger partial charge in [-0.05, 0) is 37.3 Å². The Morgan fingerprint density at radius 2 is 1.91 bits per heavy atom. The number of nitrogens with one attached hydrogen (secondary N) is 1. The van der Waals surface area contributed by atoms with Gasteiger partial charge in [-0.1, -0.05) is 18.2 Å². The minimum absolute atomic E-state index is 0.0825. The van der Waals surface area contributed by atoms with Crippen molar-refractivity contribution in [3.63, 3.8) is 0 Å². The van der Waals surface area contributed by atoms with Gasteiger partial charge < -0.3 is 20.1 Å². The number of likely N-dealkylation sites (tertiary alicyclic amines) is 1. The van der Waals surface area contributed by atoms with Gasteiger partial charge in [0.15, 0.2) is 0 Å². The molecule has 1 aromatic rings. The average Bonchev–Trinajstić information content (AvgIpc) is 2.58. The molecule has 6 nitrogen and oxygen atoms in total. The quantitative estimate of drug-likeness (QED) is 0.756. The molecule has 2 rings (SSSR count). The van der Waals surface area contributed by atoms with E-state index >= 15 is 0 Å². The highest BCUT2D eigenvalue weighted by Gasteiger charge is 2.22. The molecule has 23 heavy (non-hydrogen) atoms. The van der Waals surface area contributed by atoms with E-state index in [2.05, 4.69) is 5.32 Å². The summed E-state index contributed by atoms with van der Waals surface area (Å²) >= 11 is 0. The lowest BCUT2D eigenvalue weighted by Gasteiger charge is -2.31. The van der Waals surface area contributed by atoms with Gasteiger partial charge in [0, 0.05) is 26.1 Å². The fourth-order valence-corrected chi connectivity index (χ4v) is 2.58. The number of urea groups is 1. The fraction of sp³-hybridized carbons (Fsp3) is 0.529. The van der Waals surface area contributed by atoms with Crippen LogP contribution in [0.25, 0.3) is 0 Å². The zero-order chi connectivity index (χ0) is 16.5. The third-order valence-electron chi connectivity index (χ3n) is 3.97. The van der Waals surface area contributed by atoms with E-state index in [0.717, 1.165) is 18.6 Å². The second-order valence-electron chi connectivity index (χ2n) is 5.78. The van der Waals surface area contributed by atoms with Crippen molar-refractivity contribution in [3.8, 4) is 5.75 Å². The van der Waals surface area contributed by atoms with Gasteiger partial charge in [0.25, 0.3) is 0 Å². The minimum Gasteiger partial charge on any atom is -0.493 e. The molecule has 2 N–H and O–H groups in total. The maximum atomic E-state index is 12.0. The van der Waals surface area contributed by atoms with Crippen LogP contribution >= 0.6 is 0 Å². The van der Waals surface area contributed by atoms with Crippen LogP contribution in [0.4, 0.5) is 4.79 Å². The van der Waals surface area contributed by atoms with Crippen molar-refractivity contribution in [3.05, 3.63) is 30.3 Å². The summed E-state index contributed by atoms with van der Waals surface area (Å²) in [5.74, 6) is 0.510. The number of aliphatic carboxylic acids is 1. The second-order valence-corrected chi connectivity index (χ2v) is 5.78. The molecule has 1 saturated heterocycles. The van der Waals surface area contributed by atoms with Crippen molar-refractivity contribution in [1.29, 1.82) is 0 Å². The summed E-state index contributed by atoms with van der Waals surface area (Å²) < 4.78 is 5.77. The summed E-state index contributed by atoms with van der Waals surface area (Å²) in [4.78, 5) is 24.2. The number of piperidine rings is 1. The van der Waals surface area contributed by atoms with E-state index in [9.17, 15) is 9.59 Å². The van der Waals surface area contributed by atoms with Crippen LogP contribution in [0.15, 0.2) is 30.3 Å². The molecule has 1 aliphatic heterocycles. The number of carboxylic acid groups (broad SMARTS) is 1. The number of benzene rings is 1. The van der Waals surface area contributed by atoms with Gasteiger partial charge >= 0.3 is 12.0 Å². The number of rotatable bonds is 7. The molecule has 1 aromatic carbocycles. The van der Waals surface area contributed by atoms with Gasteiger partial charge in [0.05, 0.1) is 6.61 Å². The maximum Gasteiger partial charge on any atom is 0.317 e. The molecule has 126 valence electrons. The van der Waals surface area contributed by atoms with Crippen molar-refractivity contribution in [2.24, 2.45) is 5.92 Å². The van der Waals surface area contributed by atoms with E-state index in [-0.39, 0.29) is 12.5 Å². The van der Waals surface area contributed by atoms with Crippen LogP contribution in [-0.4, -0.2) is 48.2 Å². The molecule has 0 spiro atoms. The molecule has 0 bridgehead atoms. The molecule has 1 aliphatic rings. The van der Waals surface area contributed by atoms with Crippen LogP contribution < -0.4 is 10.1 Å². The van der Waals surface area contributed by atoms with E-state index in [4.69, 9.17) is 9.84 Å². The van der Waals surface area contributed by atoms with Gasteiger partial charge in [-0.3, -0.25) is 4.79 Å². The highest BCUT2D eigenvalue weighted by atomic mass is 16.5. The lowest BCUT2D eigenvalue weighted by Crippen LogP contribution is -2.45. The highest BCUT2D eigenvalue weighted by Crippen LogP contribution is 2.19. The topological polar surface area (TPSA) is 78.9 Å². The zero-order valence-electron chi connectivity index (χ0n) is 13.2. The van der Waals surface area contributed by atoms with E-state index in [1.165, 1.54) is 0 Å². The summed E-state index contributed by atoms with van der Waals surface area (Å²) in [5.41, 5.74) is 0. The first-order valence-corrected chi connectivity index (χ1v) is 8.07. The normalized spacial score (nSPS) is 15.2. The monoisotopic (exact) mass is 320 g/mol. The Kier molecular flexibility index (Phi) is 6.72. The molecular formula is C17H24N2O4. The van der Waals surface area contributed by atoms with Gasteiger partial charge in [0.1, 0.15) is 5.75 Å². The van der Waals surface area contributed by atoms with Gasteiger partial charge in [0.2, 0.25) is 0 Å².